The van der Waals surface area contributed by atoms with E-state index in [1.807, 2.05) is 6.07 Å². The van der Waals surface area contributed by atoms with Gasteiger partial charge in [0, 0.05) is 22.6 Å². The molecule has 1 unspecified atom stereocenters. The molecule has 4 nitrogen and oxygen atoms in total. The van der Waals surface area contributed by atoms with E-state index in [4.69, 9.17) is 0 Å². The minimum Gasteiger partial charge on any atom is -0.334 e. The molecule has 2 rings (SSSR count). The minimum atomic E-state index is -2.99. The van der Waals surface area contributed by atoms with Crippen LogP contribution in [0, 0.1) is 0 Å². The zero-order valence-corrected chi connectivity index (χ0v) is 12.4. The number of benzene rings is 1. The number of hydrogen-bond acceptors (Lipinski definition) is 3. The Kier molecular flexibility index (Phi) is 3.77. The zero-order valence-electron chi connectivity index (χ0n) is 9.97. The third-order valence-electron chi connectivity index (χ3n) is 3.00. The first kappa shape index (κ1) is 13.5. The summed E-state index contributed by atoms with van der Waals surface area (Å²) in [6.07, 6.45) is 0. The Bertz CT molecular complexity index is 570. The number of carbonyl (C=O) groups is 1. The van der Waals surface area contributed by atoms with Gasteiger partial charge in [0.2, 0.25) is 0 Å². The molecule has 1 amide bonds. The molecule has 1 atom stereocenters. The highest BCUT2D eigenvalue weighted by Crippen LogP contribution is 2.18. The standard InChI is InChI=1S/C12H14BrNO3S/c1-9-8-18(16,17)6-5-14(9)12(15)10-3-2-4-11(13)7-10/h2-4,7,9H,5-6,8H2,1H3. The smallest absolute Gasteiger partial charge is 0.254 e. The van der Waals surface area contributed by atoms with Crippen LogP contribution in [-0.2, 0) is 9.84 Å². The van der Waals surface area contributed by atoms with Crippen LogP contribution in [-0.4, -0.2) is 43.3 Å². The highest BCUT2D eigenvalue weighted by atomic mass is 79.9. The fraction of sp³-hybridized carbons (Fsp3) is 0.417. The van der Waals surface area contributed by atoms with Gasteiger partial charge >= 0.3 is 0 Å². The molecule has 98 valence electrons. The zero-order chi connectivity index (χ0) is 13.3. The molecular formula is C12H14BrNO3S. The van der Waals surface area contributed by atoms with Gasteiger partial charge in [-0.05, 0) is 25.1 Å². The van der Waals surface area contributed by atoms with Crippen molar-refractivity contribution in [2.75, 3.05) is 18.1 Å². The van der Waals surface area contributed by atoms with Gasteiger partial charge in [0.05, 0.1) is 11.5 Å². The normalized spacial score (nSPS) is 22.8. The molecule has 1 aromatic rings. The summed E-state index contributed by atoms with van der Waals surface area (Å²) in [6, 6.07) is 6.86. The van der Waals surface area contributed by atoms with Gasteiger partial charge in [0.1, 0.15) is 0 Å². The summed E-state index contributed by atoms with van der Waals surface area (Å²) in [5, 5.41) is 0. The first-order valence-corrected chi connectivity index (χ1v) is 8.27. The van der Waals surface area contributed by atoms with Crippen LogP contribution in [0.25, 0.3) is 0 Å². The van der Waals surface area contributed by atoms with Crippen molar-refractivity contribution in [3.8, 4) is 0 Å². The Labute approximate surface area is 115 Å². The maximum atomic E-state index is 12.3. The highest BCUT2D eigenvalue weighted by molar-refractivity contribution is 9.10. The third kappa shape index (κ3) is 2.92. The van der Waals surface area contributed by atoms with Crippen molar-refractivity contribution >= 4 is 31.7 Å². The number of nitrogens with zero attached hydrogens (tertiary/aromatic N) is 1. The summed E-state index contributed by atoms with van der Waals surface area (Å²) in [5.74, 6) is -0.0113. The molecule has 0 aromatic heterocycles. The van der Waals surface area contributed by atoms with Crippen molar-refractivity contribution in [2.24, 2.45) is 0 Å². The number of carbonyl (C=O) groups excluding carboxylic acids is 1. The van der Waals surface area contributed by atoms with E-state index in [0.717, 1.165) is 4.47 Å². The second-order valence-corrected chi connectivity index (χ2v) is 7.62. The van der Waals surface area contributed by atoms with Gasteiger partial charge in [0.15, 0.2) is 9.84 Å². The van der Waals surface area contributed by atoms with Crippen LogP contribution in [0.1, 0.15) is 17.3 Å². The van der Waals surface area contributed by atoms with Crippen LogP contribution >= 0.6 is 15.9 Å². The second-order valence-electron chi connectivity index (χ2n) is 4.47. The van der Waals surface area contributed by atoms with Crippen LogP contribution in [0.5, 0.6) is 0 Å². The molecule has 1 aliphatic rings. The molecule has 0 N–H and O–H groups in total. The molecule has 1 aliphatic heterocycles. The first-order valence-electron chi connectivity index (χ1n) is 5.66. The second kappa shape index (κ2) is 5.01. The number of rotatable bonds is 1. The molecule has 18 heavy (non-hydrogen) atoms. The van der Waals surface area contributed by atoms with Crippen molar-refractivity contribution in [1.29, 1.82) is 0 Å². The lowest BCUT2D eigenvalue weighted by molar-refractivity contribution is 0.0712. The molecule has 1 saturated heterocycles. The van der Waals surface area contributed by atoms with Crippen LogP contribution in [0.3, 0.4) is 0 Å². The molecule has 6 heteroatoms. The number of amides is 1. The Balaban J connectivity index is 2.20. The average molecular weight is 332 g/mol. The number of halogens is 1. The van der Waals surface area contributed by atoms with Gasteiger partial charge in [0.25, 0.3) is 5.91 Å². The first-order chi connectivity index (χ1) is 8.39. The summed E-state index contributed by atoms with van der Waals surface area (Å²) in [4.78, 5) is 13.9. The van der Waals surface area contributed by atoms with Crippen molar-refractivity contribution in [2.45, 2.75) is 13.0 Å². The summed E-state index contributed by atoms with van der Waals surface area (Å²) < 4.78 is 23.8. The lowest BCUT2D eigenvalue weighted by Gasteiger charge is -2.33. The summed E-state index contributed by atoms with van der Waals surface area (Å²) in [7, 11) is -2.99. The summed E-state index contributed by atoms with van der Waals surface area (Å²) >= 11 is 3.32. The van der Waals surface area contributed by atoms with Crippen LogP contribution in [0.15, 0.2) is 28.7 Å². The molecule has 0 aliphatic carbocycles. The molecule has 0 saturated carbocycles. The van der Waals surface area contributed by atoms with E-state index >= 15 is 0 Å². The maximum Gasteiger partial charge on any atom is 0.254 e. The fourth-order valence-corrected chi connectivity index (χ4v) is 4.04. The lowest BCUT2D eigenvalue weighted by atomic mass is 10.1. The van der Waals surface area contributed by atoms with Gasteiger partial charge in [-0.25, -0.2) is 8.42 Å². The monoisotopic (exact) mass is 331 g/mol. The molecular weight excluding hydrogens is 318 g/mol. The predicted molar refractivity (Wildman–Crippen MR) is 73.3 cm³/mol. The van der Waals surface area contributed by atoms with E-state index in [0.29, 0.717) is 5.56 Å². The summed E-state index contributed by atoms with van der Waals surface area (Å²) in [5.41, 5.74) is 0.579. The van der Waals surface area contributed by atoms with Crippen molar-refractivity contribution < 1.29 is 13.2 Å². The van der Waals surface area contributed by atoms with E-state index < -0.39 is 9.84 Å². The van der Waals surface area contributed by atoms with Gasteiger partial charge in [-0.15, -0.1) is 0 Å². The average Bonchev–Trinajstić information content (AvgIpc) is 2.27. The Morgan fingerprint density at radius 3 is 2.78 bits per heavy atom. The van der Waals surface area contributed by atoms with E-state index in [2.05, 4.69) is 15.9 Å². The number of sulfone groups is 1. The van der Waals surface area contributed by atoms with E-state index in [9.17, 15) is 13.2 Å². The van der Waals surface area contributed by atoms with E-state index in [-0.39, 0.29) is 30.0 Å². The SMILES string of the molecule is CC1CS(=O)(=O)CCN1C(=O)c1cccc(Br)c1. The third-order valence-corrected chi connectivity index (χ3v) is 5.29. The topological polar surface area (TPSA) is 54.5 Å². The molecule has 1 heterocycles. The van der Waals surface area contributed by atoms with E-state index in [1.165, 1.54) is 0 Å². The molecule has 1 fully saturated rings. The predicted octanol–water partition coefficient (Wildman–Crippen LogP) is 1.71. The van der Waals surface area contributed by atoms with Gasteiger partial charge in [-0.1, -0.05) is 22.0 Å². The molecule has 0 radical (unpaired) electrons. The van der Waals surface area contributed by atoms with Crippen molar-refractivity contribution in [3.05, 3.63) is 34.3 Å². The summed E-state index contributed by atoms with van der Waals surface area (Å²) in [6.45, 7) is 2.04. The largest absolute Gasteiger partial charge is 0.334 e. The Hall–Kier alpha value is -0.880. The minimum absolute atomic E-state index is 0.0484. The molecule has 1 aromatic carbocycles. The Morgan fingerprint density at radius 1 is 1.44 bits per heavy atom. The van der Waals surface area contributed by atoms with Gasteiger partial charge in [-0.3, -0.25) is 4.79 Å². The quantitative estimate of drug-likeness (QED) is 0.787. The Morgan fingerprint density at radius 2 is 2.17 bits per heavy atom. The lowest BCUT2D eigenvalue weighted by Crippen LogP contribution is -2.49. The van der Waals surface area contributed by atoms with Crippen LogP contribution in [0.4, 0.5) is 0 Å². The van der Waals surface area contributed by atoms with Crippen molar-refractivity contribution in [1.82, 2.24) is 4.90 Å². The highest BCUT2D eigenvalue weighted by Gasteiger charge is 2.31. The fourth-order valence-electron chi connectivity index (χ4n) is 2.09. The molecule has 0 spiro atoms. The van der Waals surface area contributed by atoms with Gasteiger partial charge < -0.3 is 4.90 Å². The van der Waals surface area contributed by atoms with Crippen molar-refractivity contribution in [3.63, 3.8) is 0 Å². The maximum absolute atomic E-state index is 12.3. The van der Waals surface area contributed by atoms with Crippen LogP contribution < -0.4 is 0 Å². The van der Waals surface area contributed by atoms with Gasteiger partial charge in [-0.2, -0.15) is 0 Å². The molecule has 0 bridgehead atoms. The van der Waals surface area contributed by atoms with E-state index in [1.54, 1.807) is 30.0 Å². The number of hydrogen-bond donors (Lipinski definition) is 0. The van der Waals surface area contributed by atoms with Crippen LogP contribution in [0.2, 0.25) is 0 Å².